The van der Waals surface area contributed by atoms with Crippen molar-refractivity contribution in [2.45, 2.75) is 25.8 Å². The molecule has 0 amide bonds. The first-order valence-electron chi connectivity index (χ1n) is 4.09. The second-order valence-electron chi connectivity index (χ2n) is 3.77. The molecule has 1 saturated heterocycles. The molecule has 2 fully saturated rings. The molecular formula is C8H15NO. The quantitative estimate of drug-likeness (QED) is 0.540. The van der Waals surface area contributed by atoms with Gasteiger partial charge in [0.25, 0.3) is 0 Å². The molecule has 0 aromatic carbocycles. The van der Waals surface area contributed by atoms with Crippen LogP contribution in [0.1, 0.15) is 19.8 Å². The van der Waals surface area contributed by atoms with Gasteiger partial charge in [0.15, 0.2) is 0 Å². The van der Waals surface area contributed by atoms with E-state index < -0.39 is 0 Å². The van der Waals surface area contributed by atoms with Gasteiger partial charge < -0.3 is 10.5 Å². The SMILES string of the molecule is CC1COCCC12CC2N. The van der Waals surface area contributed by atoms with Crippen LogP contribution in [0.2, 0.25) is 0 Å². The number of hydrogen-bond acceptors (Lipinski definition) is 2. The monoisotopic (exact) mass is 141 g/mol. The molecule has 1 saturated carbocycles. The highest BCUT2D eigenvalue weighted by Gasteiger charge is 2.56. The fourth-order valence-corrected chi connectivity index (χ4v) is 2.14. The molecule has 2 N–H and O–H groups in total. The molecule has 1 aliphatic carbocycles. The van der Waals surface area contributed by atoms with Crippen LogP contribution in [0.3, 0.4) is 0 Å². The van der Waals surface area contributed by atoms with Crippen LogP contribution in [0.25, 0.3) is 0 Å². The van der Waals surface area contributed by atoms with Crippen LogP contribution in [-0.4, -0.2) is 19.3 Å². The minimum atomic E-state index is 0.478. The molecule has 2 heteroatoms. The summed E-state index contributed by atoms with van der Waals surface area (Å²) >= 11 is 0. The lowest BCUT2D eigenvalue weighted by Gasteiger charge is -2.29. The fraction of sp³-hybridized carbons (Fsp3) is 1.00. The second kappa shape index (κ2) is 1.95. The molecule has 58 valence electrons. The zero-order valence-electron chi connectivity index (χ0n) is 6.47. The van der Waals surface area contributed by atoms with Gasteiger partial charge >= 0.3 is 0 Å². The predicted octanol–water partition coefficient (Wildman–Crippen LogP) is 0.760. The molecule has 2 aliphatic rings. The van der Waals surface area contributed by atoms with Crippen LogP contribution in [-0.2, 0) is 4.74 Å². The van der Waals surface area contributed by atoms with Crippen molar-refractivity contribution >= 4 is 0 Å². The second-order valence-corrected chi connectivity index (χ2v) is 3.77. The third-order valence-electron chi connectivity index (χ3n) is 3.24. The Hall–Kier alpha value is -0.0800. The van der Waals surface area contributed by atoms with Crippen molar-refractivity contribution in [2.24, 2.45) is 17.1 Å². The fourth-order valence-electron chi connectivity index (χ4n) is 2.14. The topological polar surface area (TPSA) is 35.2 Å². The predicted molar refractivity (Wildman–Crippen MR) is 39.6 cm³/mol. The largest absolute Gasteiger partial charge is 0.381 e. The Bertz CT molecular complexity index is 148. The van der Waals surface area contributed by atoms with Crippen molar-refractivity contribution in [3.05, 3.63) is 0 Å². The molecule has 1 heterocycles. The van der Waals surface area contributed by atoms with Gasteiger partial charge in [0.1, 0.15) is 0 Å². The molecule has 3 atom stereocenters. The van der Waals surface area contributed by atoms with E-state index in [0.29, 0.717) is 17.4 Å². The van der Waals surface area contributed by atoms with Crippen LogP contribution >= 0.6 is 0 Å². The third-order valence-corrected chi connectivity index (χ3v) is 3.24. The Morgan fingerprint density at radius 1 is 1.60 bits per heavy atom. The van der Waals surface area contributed by atoms with E-state index in [2.05, 4.69) is 6.92 Å². The van der Waals surface area contributed by atoms with Gasteiger partial charge in [-0.05, 0) is 24.2 Å². The standard InChI is InChI=1S/C8H15NO/c1-6-5-10-3-2-8(6)4-7(8)9/h6-7H,2-5,9H2,1H3. The van der Waals surface area contributed by atoms with E-state index in [1.807, 2.05) is 0 Å². The van der Waals surface area contributed by atoms with Gasteiger partial charge in [-0.1, -0.05) is 6.92 Å². The van der Waals surface area contributed by atoms with Crippen molar-refractivity contribution < 1.29 is 4.74 Å². The summed E-state index contributed by atoms with van der Waals surface area (Å²) in [6, 6.07) is 0.478. The highest BCUT2D eigenvalue weighted by molar-refractivity contribution is 5.09. The molecule has 2 nitrogen and oxygen atoms in total. The molecule has 1 spiro atoms. The summed E-state index contributed by atoms with van der Waals surface area (Å²) in [6.07, 6.45) is 2.42. The van der Waals surface area contributed by atoms with Crippen molar-refractivity contribution in [3.8, 4) is 0 Å². The number of nitrogens with two attached hydrogens (primary N) is 1. The highest BCUT2D eigenvalue weighted by atomic mass is 16.5. The summed E-state index contributed by atoms with van der Waals surface area (Å²) < 4.78 is 5.35. The lowest BCUT2D eigenvalue weighted by molar-refractivity contribution is 0.0115. The Kier molecular flexibility index (Phi) is 1.29. The molecule has 2 rings (SSSR count). The van der Waals surface area contributed by atoms with Crippen LogP contribution in [0.4, 0.5) is 0 Å². The van der Waals surface area contributed by atoms with Gasteiger partial charge in [0.05, 0.1) is 0 Å². The van der Waals surface area contributed by atoms with Gasteiger partial charge in [-0.3, -0.25) is 0 Å². The third kappa shape index (κ3) is 0.722. The van der Waals surface area contributed by atoms with Gasteiger partial charge in [0, 0.05) is 19.3 Å². The van der Waals surface area contributed by atoms with Crippen molar-refractivity contribution in [2.75, 3.05) is 13.2 Å². The molecule has 1 aliphatic heterocycles. The van der Waals surface area contributed by atoms with Gasteiger partial charge in [-0.25, -0.2) is 0 Å². The van der Waals surface area contributed by atoms with Crippen LogP contribution < -0.4 is 5.73 Å². The molecule has 3 unspecified atom stereocenters. The van der Waals surface area contributed by atoms with E-state index in [0.717, 1.165) is 13.2 Å². The maximum Gasteiger partial charge on any atom is 0.0497 e. The van der Waals surface area contributed by atoms with Crippen molar-refractivity contribution in [1.29, 1.82) is 0 Å². The number of rotatable bonds is 0. The molecule has 0 aromatic rings. The minimum Gasteiger partial charge on any atom is -0.381 e. The van der Waals surface area contributed by atoms with E-state index in [1.54, 1.807) is 0 Å². The average Bonchev–Trinajstić information content (AvgIpc) is 2.53. The minimum absolute atomic E-state index is 0.478. The lowest BCUT2D eigenvalue weighted by Crippen LogP contribution is -2.31. The molecule has 0 aromatic heterocycles. The zero-order valence-corrected chi connectivity index (χ0v) is 6.47. The maximum absolute atomic E-state index is 5.87. The Morgan fingerprint density at radius 3 is 2.70 bits per heavy atom. The maximum atomic E-state index is 5.87. The summed E-state index contributed by atoms with van der Waals surface area (Å²) in [7, 11) is 0. The lowest BCUT2D eigenvalue weighted by atomic mass is 9.86. The Balaban J connectivity index is 2.06. The van der Waals surface area contributed by atoms with Crippen LogP contribution in [0.5, 0.6) is 0 Å². The summed E-state index contributed by atoms with van der Waals surface area (Å²) in [6.45, 7) is 4.11. The van der Waals surface area contributed by atoms with E-state index in [4.69, 9.17) is 10.5 Å². The van der Waals surface area contributed by atoms with Crippen LogP contribution in [0, 0.1) is 11.3 Å². The van der Waals surface area contributed by atoms with Gasteiger partial charge in [-0.15, -0.1) is 0 Å². The Morgan fingerprint density at radius 2 is 2.30 bits per heavy atom. The van der Waals surface area contributed by atoms with E-state index in [9.17, 15) is 0 Å². The van der Waals surface area contributed by atoms with E-state index in [-0.39, 0.29) is 0 Å². The van der Waals surface area contributed by atoms with Crippen molar-refractivity contribution in [3.63, 3.8) is 0 Å². The first kappa shape index (κ1) is 6.62. The number of ether oxygens (including phenoxy) is 1. The number of hydrogen-bond donors (Lipinski definition) is 1. The zero-order chi connectivity index (χ0) is 7.19. The van der Waals surface area contributed by atoms with Gasteiger partial charge in [-0.2, -0.15) is 0 Å². The van der Waals surface area contributed by atoms with E-state index >= 15 is 0 Å². The molecule has 0 radical (unpaired) electrons. The smallest absolute Gasteiger partial charge is 0.0497 e. The first-order valence-corrected chi connectivity index (χ1v) is 4.09. The first-order chi connectivity index (χ1) is 4.76. The highest BCUT2D eigenvalue weighted by Crippen LogP contribution is 2.55. The van der Waals surface area contributed by atoms with E-state index in [1.165, 1.54) is 12.8 Å². The van der Waals surface area contributed by atoms with Crippen molar-refractivity contribution in [1.82, 2.24) is 0 Å². The molecule has 0 bridgehead atoms. The van der Waals surface area contributed by atoms with Gasteiger partial charge in [0.2, 0.25) is 0 Å². The summed E-state index contributed by atoms with van der Waals surface area (Å²) in [4.78, 5) is 0. The Labute approximate surface area is 61.7 Å². The molecule has 10 heavy (non-hydrogen) atoms. The normalized spacial score (nSPS) is 53.4. The summed E-state index contributed by atoms with van der Waals surface area (Å²) in [5.74, 6) is 0.691. The average molecular weight is 141 g/mol. The molecular weight excluding hydrogens is 126 g/mol. The summed E-state index contributed by atoms with van der Waals surface area (Å²) in [5, 5.41) is 0. The summed E-state index contributed by atoms with van der Waals surface area (Å²) in [5.41, 5.74) is 6.37. The van der Waals surface area contributed by atoms with Crippen LogP contribution in [0.15, 0.2) is 0 Å².